The minimum Gasteiger partial charge on any atom is -0.478 e. The van der Waals surface area contributed by atoms with Gasteiger partial charge in [0.25, 0.3) is 11.1 Å². The number of nitrogens with zero attached hydrogens (tertiary/aromatic N) is 1. The highest BCUT2D eigenvalue weighted by Crippen LogP contribution is 2.34. The van der Waals surface area contributed by atoms with Crippen molar-refractivity contribution < 1.29 is 28.7 Å². The van der Waals surface area contributed by atoms with Gasteiger partial charge >= 0.3 is 5.97 Å². The zero-order valence-electron chi connectivity index (χ0n) is 18.7. The molecule has 2 aromatic carbocycles. The number of nitrogens with one attached hydrogen (secondary N) is 1. The van der Waals surface area contributed by atoms with Crippen molar-refractivity contribution in [2.45, 2.75) is 11.8 Å². The van der Waals surface area contributed by atoms with E-state index in [2.05, 4.69) is 5.32 Å². The van der Waals surface area contributed by atoms with Crippen LogP contribution in [-0.2, 0) is 9.59 Å². The van der Waals surface area contributed by atoms with Gasteiger partial charge in [-0.05, 0) is 73.0 Å². The number of aromatic carboxylic acids is 1. The molecule has 1 aromatic heterocycles. The quantitative estimate of drug-likeness (QED) is 0.324. The molecule has 3 aromatic rings. The van der Waals surface area contributed by atoms with Crippen molar-refractivity contribution in [3.05, 3.63) is 76.4 Å². The Hall–Kier alpha value is -3.76. The van der Waals surface area contributed by atoms with Crippen LogP contribution in [0.1, 0.15) is 21.7 Å². The summed E-state index contributed by atoms with van der Waals surface area (Å²) in [5, 5.41) is 11.3. The van der Waals surface area contributed by atoms with Gasteiger partial charge < -0.3 is 14.8 Å². The second-order valence-electron chi connectivity index (χ2n) is 7.58. The number of carboxylic acid groups (broad SMARTS) is 1. The largest absolute Gasteiger partial charge is 0.478 e. The average molecular weight is 509 g/mol. The van der Waals surface area contributed by atoms with Crippen molar-refractivity contribution in [1.29, 1.82) is 0 Å². The second-order valence-corrected chi connectivity index (χ2v) is 9.46. The van der Waals surface area contributed by atoms with E-state index in [-0.39, 0.29) is 10.5 Å². The van der Waals surface area contributed by atoms with E-state index in [1.807, 2.05) is 24.5 Å². The molecule has 0 unspecified atom stereocenters. The van der Waals surface area contributed by atoms with Crippen molar-refractivity contribution in [2.24, 2.45) is 0 Å². The number of furan rings is 1. The van der Waals surface area contributed by atoms with Gasteiger partial charge in [0.1, 0.15) is 18.1 Å². The highest BCUT2D eigenvalue weighted by molar-refractivity contribution is 8.18. The van der Waals surface area contributed by atoms with E-state index in [9.17, 15) is 19.2 Å². The fraction of sp³-hybridized carbons (Fsp3) is 0.120. The van der Waals surface area contributed by atoms with Crippen LogP contribution >= 0.6 is 23.5 Å². The van der Waals surface area contributed by atoms with Gasteiger partial charge in [0.15, 0.2) is 0 Å². The second kappa shape index (κ2) is 10.2. The molecule has 0 saturated carbocycles. The van der Waals surface area contributed by atoms with Crippen LogP contribution in [0.15, 0.2) is 68.8 Å². The molecule has 10 heteroatoms. The van der Waals surface area contributed by atoms with Gasteiger partial charge in [-0.1, -0.05) is 12.1 Å². The summed E-state index contributed by atoms with van der Waals surface area (Å²) in [6.07, 6.45) is 3.38. The molecule has 4 rings (SSSR count). The van der Waals surface area contributed by atoms with Crippen LogP contribution in [0, 0.1) is 6.92 Å². The molecule has 1 aliphatic rings. The van der Waals surface area contributed by atoms with Gasteiger partial charge in [-0.15, -0.1) is 11.8 Å². The minimum absolute atomic E-state index is 0.144. The summed E-state index contributed by atoms with van der Waals surface area (Å²) >= 11 is 2.27. The van der Waals surface area contributed by atoms with Crippen LogP contribution in [-0.4, -0.2) is 45.8 Å². The van der Waals surface area contributed by atoms with Gasteiger partial charge in [0.05, 0.1) is 10.5 Å². The first kappa shape index (κ1) is 24.4. The maximum atomic E-state index is 12.8. The maximum Gasteiger partial charge on any atom is 0.335 e. The lowest BCUT2D eigenvalue weighted by molar-refractivity contribution is -0.127. The van der Waals surface area contributed by atoms with E-state index in [1.165, 1.54) is 23.9 Å². The number of imide groups is 1. The van der Waals surface area contributed by atoms with E-state index >= 15 is 0 Å². The van der Waals surface area contributed by atoms with Gasteiger partial charge in [-0.3, -0.25) is 19.3 Å². The molecular formula is C25H20N2O6S2. The van der Waals surface area contributed by atoms with Crippen molar-refractivity contribution >= 4 is 58.3 Å². The van der Waals surface area contributed by atoms with Crippen LogP contribution in [0.3, 0.4) is 0 Å². The fourth-order valence-electron chi connectivity index (χ4n) is 3.46. The Labute approximate surface area is 209 Å². The van der Waals surface area contributed by atoms with E-state index in [4.69, 9.17) is 9.52 Å². The standard InChI is InChI=1S/C25H20N2O6S2/c1-14-10-15(24(30)31)6-8-19(14)20-9-7-17(33-20)12-21-23(29)27(25(32)35-21)13-22(28)26-16-4-3-5-18(11-16)34-2/h3-12H,13H2,1-2H3,(H,26,28)(H,30,31)/b21-12-. The molecule has 35 heavy (non-hydrogen) atoms. The topological polar surface area (TPSA) is 117 Å². The van der Waals surface area contributed by atoms with Gasteiger partial charge in [-0.2, -0.15) is 0 Å². The molecule has 8 nitrogen and oxygen atoms in total. The van der Waals surface area contributed by atoms with E-state index in [0.29, 0.717) is 22.8 Å². The molecule has 2 heterocycles. The first-order chi connectivity index (χ1) is 16.7. The molecule has 1 fully saturated rings. The highest BCUT2D eigenvalue weighted by atomic mass is 32.2. The third-order valence-electron chi connectivity index (χ3n) is 5.17. The lowest BCUT2D eigenvalue weighted by Gasteiger charge is -2.12. The van der Waals surface area contributed by atoms with Crippen molar-refractivity contribution in [3.63, 3.8) is 0 Å². The lowest BCUT2D eigenvalue weighted by atomic mass is 10.0. The molecule has 178 valence electrons. The van der Waals surface area contributed by atoms with Crippen molar-refractivity contribution in [3.8, 4) is 11.3 Å². The highest BCUT2D eigenvalue weighted by Gasteiger charge is 2.36. The van der Waals surface area contributed by atoms with E-state index < -0.39 is 29.6 Å². The van der Waals surface area contributed by atoms with Gasteiger partial charge in [-0.25, -0.2) is 4.79 Å². The summed E-state index contributed by atoms with van der Waals surface area (Å²) in [6, 6.07) is 15.3. The number of hydrogen-bond donors (Lipinski definition) is 2. The van der Waals surface area contributed by atoms with Crippen molar-refractivity contribution in [1.82, 2.24) is 4.90 Å². The molecular weight excluding hydrogens is 488 g/mol. The Balaban J connectivity index is 1.46. The molecule has 3 amide bonds. The number of hydrogen-bond acceptors (Lipinski definition) is 7. The predicted octanol–water partition coefficient (Wildman–Crippen LogP) is 5.35. The minimum atomic E-state index is -1.02. The molecule has 1 saturated heterocycles. The molecule has 0 aliphatic carbocycles. The molecule has 0 bridgehead atoms. The Morgan fingerprint density at radius 3 is 2.66 bits per heavy atom. The number of anilines is 1. The third-order valence-corrected chi connectivity index (χ3v) is 6.80. The zero-order valence-corrected chi connectivity index (χ0v) is 20.4. The Morgan fingerprint density at radius 1 is 1.14 bits per heavy atom. The first-order valence-electron chi connectivity index (χ1n) is 10.4. The molecule has 0 spiro atoms. The Bertz CT molecular complexity index is 1380. The summed E-state index contributed by atoms with van der Waals surface area (Å²) in [7, 11) is 0. The number of carboxylic acids is 1. The smallest absolute Gasteiger partial charge is 0.335 e. The first-order valence-corrected chi connectivity index (χ1v) is 12.4. The number of thioether (sulfide) groups is 2. The summed E-state index contributed by atoms with van der Waals surface area (Å²) in [5.41, 5.74) is 2.19. The number of amides is 3. The molecule has 1 aliphatic heterocycles. The van der Waals surface area contributed by atoms with E-state index in [1.54, 1.807) is 37.3 Å². The van der Waals surface area contributed by atoms with Gasteiger partial charge in [0, 0.05) is 22.2 Å². The van der Waals surface area contributed by atoms with Crippen molar-refractivity contribution in [2.75, 3.05) is 18.1 Å². The normalized spacial score (nSPS) is 14.6. The van der Waals surface area contributed by atoms with Crippen LogP contribution in [0.5, 0.6) is 0 Å². The SMILES string of the molecule is CSc1cccc(NC(=O)CN2C(=O)S/C(=C\c3ccc(-c4ccc(C(=O)O)cc4C)o3)C2=O)c1. The average Bonchev–Trinajstić information content (AvgIpc) is 3.39. The van der Waals surface area contributed by atoms with E-state index in [0.717, 1.165) is 27.1 Å². The van der Waals surface area contributed by atoms with Crippen LogP contribution in [0.2, 0.25) is 0 Å². The monoisotopic (exact) mass is 508 g/mol. The summed E-state index contributed by atoms with van der Waals surface area (Å²) in [5.74, 6) is -1.22. The number of carbonyl (C=O) groups excluding carboxylic acids is 3. The number of rotatable bonds is 7. The lowest BCUT2D eigenvalue weighted by Crippen LogP contribution is -2.36. The molecule has 2 N–H and O–H groups in total. The third kappa shape index (κ3) is 5.50. The summed E-state index contributed by atoms with van der Waals surface area (Å²) < 4.78 is 5.81. The van der Waals surface area contributed by atoms with Crippen LogP contribution < -0.4 is 5.32 Å². The number of benzene rings is 2. The number of carbonyl (C=O) groups is 4. The number of aryl methyl sites for hydroxylation is 1. The summed E-state index contributed by atoms with van der Waals surface area (Å²) in [4.78, 5) is 50.8. The Kier molecular flexibility index (Phi) is 7.13. The van der Waals surface area contributed by atoms with Crippen LogP contribution in [0.4, 0.5) is 10.5 Å². The summed E-state index contributed by atoms with van der Waals surface area (Å²) in [6.45, 7) is 1.38. The maximum absolute atomic E-state index is 12.8. The molecule has 0 atom stereocenters. The van der Waals surface area contributed by atoms with Gasteiger partial charge in [0.2, 0.25) is 5.91 Å². The zero-order chi connectivity index (χ0) is 25.1. The fourth-order valence-corrected chi connectivity index (χ4v) is 4.74. The Morgan fingerprint density at radius 2 is 1.94 bits per heavy atom. The molecule has 0 radical (unpaired) electrons. The predicted molar refractivity (Wildman–Crippen MR) is 135 cm³/mol. The van der Waals surface area contributed by atoms with Crippen LogP contribution in [0.25, 0.3) is 17.4 Å².